The summed E-state index contributed by atoms with van der Waals surface area (Å²) in [6, 6.07) is 9.98. The maximum Gasteiger partial charge on any atom is 0.338 e. The highest BCUT2D eigenvalue weighted by Gasteiger charge is 2.32. The van der Waals surface area contributed by atoms with Gasteiger partial charge in [0.15, 0.2) is 0 Å². The Kier molecular flexibility index (Phi) is 4.99. The SMILES string of the molecule is COC(=O)C1=C(O)c2cccc(C)c2N(Cc2ccc(C)c(F)c2)C(=O)C1. The average Bonchev–Trinajstić information content (AvgIpc) is 2.75. The Bertz CT molecular complexity index is 965. The molecule has 0 saturated carbocycles. The number of ether oxygens (including phenoxy) is 1. The summed E-state index contributed by atoms with van der Waals surface area (Å²) >= 11 is 0. The van der Waals surface area contributed by atoms with Crippen molar-refractivity contribution in [2.24, 2.45) is 0 Å². The fourth-order valence-electron chi connectivity index (χ4n) is 3.20. The van der Waals surface area contributed by atoms with Gasteiger partial charge in [0.2, 0.25) is 5.91 Å². The van der Waals surface area contributed by atoms with E-state index in [1.807, 2.05) is 13.0 Å². The molecule has 0 aromatic heterocycles. The van der Waals surface area contributed by atoms with Gasteiger partial charge in [-0.3, -0.25) is 4.79 Å². The van der Waals surface area contributed by atoms with Crippen molar-refractivity contribution in [3.63, 3.8) is 0 Å². The summed E-state index contributed by atoms with van der Waals surface area (Å²) < 4.78 is 18.7. The quantitative estimate of drug-likeness (QED) is 0.835. The third-order valence-electron chi connectivity index (χ3n) is 4.69. The molecule has 27 heavy (non-hydrogen) atoms. The first-order valence-corrected chi connectivity index (χ1v) is 8.49. The summed E-state index contributed by atoms with van der Waals surface area (Å²) in [6.07, 6.45) is -0.305. The van der Waals surface area contributed by atoms with Crippen LogP contribution in [0.2, 0.25) is 0 Å². The van der Waals surface area contributed by atoms with Crippen LogP contribution < -0.4 is 4.90 Å². The number of methoxy groups -OCH3 is 1. The molecule has 6 heteroatoms. The van der Waals surface area contributed by atoms with Crippen molar-refractivity contribution in [3.05, 3.63) is 70.0 Å². The van der Waals surface area contributed by atoms with E-state index >= 15 is 0 Å². The molecule has 1 aliphatic rings. The smallest absolute Gasteiger partial charge is 0.338 e. The molecule has 0 aliphatic carbocycles. The molecular weight excluding hydrogens is 349 g/mol. The molecule has 140 valence electrons. The Morgan fingerprint density at radius 1 is 1.22 bits per heavy atom. The first-order chi connectivity index (χ1) is 12.8. The number of para-hydroxylation sites is 1. The van der Waals surface area contributed by atoms with E-state index in [-0.39, 0.29) is 36.0 Å². The van der Waals surface area contributed by atoms with Gasteiger partial charge in [0.1, 0.15) is 11.6 Å². The van der Waals surface area contributed by atoms with Crippen LogP contribution in [0.3, 0.4) is 0 Å². The van der Waals surface area contributed by atoms with Gasteiger partial charge in [0.25, 0.3) is 0 Å². The van der Waals surface area contributed by atoms with Crippen molar-refractivity contribution in [2.75, 3.05) is 12.0 Å². The summed E-state index contributed by atoms with van der Waals surface area (Å²) in [7, 11) is 1.20. The number of halogens is 1. The molecule has 5 nitrogen and oxygen atoms in total. The third kappa shape index (κ3) is 3.43. The van der Waals surface area contributed by atoms with Crippen LogP contribution in [-0.2, 0) is 20.9 Å². The molecule has 0 saturated heterocycles. The van der Waals surface area contributed by atoms with Gasteiger partial charge in [0, 0.05) is 5.56 Å². The Morgan fingerprint density at radius 3 is 2.63 bits per heavy atom. The minimum atomic E-state index is -0.753. The highest BCUT2D eigenvalue weighted by molar-refractivity contribution is 6.09. The summed E-state index contributed by atoms with van der Waals surface area (Å²) in [5, 5.41) is 10.6. The number of anilines is 1. The van der Waals surface area contributed by atoms with Gasteiger partial charge in [-0.25, -0.2) is 9.18 Å². The largest absolute Gasteiger partial charge is 0.507 e. The second kappa shape index (κ2) is 7.23. The number of benzene rings is 2. The maximum atomic E-state index is 13.9. The maximum absolute atomic E-state index is 13.9. The van der Waals surface area contributed by atoms with Gasteiger partial charge in [-0.05, 0) is 42.7 Å². The number of carbonyl (C=O) groups is 2. The number of fused-ring (bicyclic) bond motifs is 1. The molecule has 0 bridgehead atoms. The minimum Gasteiger partial charge on any atom is -0.507 e. The van der Waals surface area contributed by atoms with E-state index < -0.39 is 5.97 Å². The lowest BCUT2D eigenvalue weighted by atomic mass is 10.0. The third-order valence-corrected chi connectivity index (χ3v) is 4.69. The molecule has 0 radical (unpaired) electrons. The minimum absolute atomic E-state index is 0.0908. The molecule has 1 N–H and O–H groups in total. The van der Waals surface area contributed by atoms with Crippen molar-refractivity contribution >= 4 is 23.3 Å². The van der Waals surface area contributed by atoms with Crippen LogP contribution in [0.4, 0.5) is 10.1 Å². The van der Waals surface area contributed by atoms with Crippen molar-refractivity contribution < 1.29 is 23.8 Å². The number of rotatable bonds is 3. The van der Waals surface area contributed by atoms with E-state index in [0.29, 0.717) is 22.4 Å². The summed E-state index contributed by atoms with van der Waals surface area (Å²) in [5.41, 5.74) is 2.67. The lowest BCUT2D eigenvalue weighted by Crippen LogP contribution is -2.31. The monoisotopic (exact) mass is 369 g/mol. The van der Waals surface area contributed by atoms with Crippen LogP contribution in [0.5, 0.6) is 0 Å². The number of nitrogens with zero attached hydrogens (tertiary/aromatic N) is 1. The van der Waals surface area contributed by atoms with Gasteiger partial charge >= 0.3 is 5.97 Å². The first kappa shape index (κ1) is 18.6. The zero-order valence-corrected chi connectivity index (χ0v) is 15.4. The second-order valence-electron chi connectivity index (χ2n) is 6.53. The van der Waals surface area contributed by atoms with E-state index in [9.17, 15) is 19.1 Å². The van der Waals surface area contributed by atoms with Crippen LogP contribution in [0.15, 0.2) is 42.0 Å². The number of aryl methyl sites for hydroxylation is 2. The van der Waals surface area contributed by atoms with Crippen molar-refractivity contribution in [3.8, 4) is 0 Å². The van der Waals surface area contributed by atoms with Crippen molar-refractivity contribution in [1.29, 1.82) is 0 Å². The van der Waals surface area contributed by atoms with Crippen LogP contribution in [0.1, 0.15) is 28.7 Å². The summed E-state index contributed by atoms with van der Waals surface area (Å²) in [4.78, 5) is 26.5. The van der Waals surface area contributed by atoms with Crippen LogP contribution in [0.25, 0.3) is 5.76 Å². The topological polar surface area (TPSA) is 66.8 Å². The molecule has 2 aromatic carbocycles. The zero-order valence-electron chi connectivity index (χ0n) is 15.4. The molecule has 1 amide bonds. The molecule has 2 aromatic rings. The molecule has 1 aliphatic heterocycles. The molecule has 0 atom stereocenters. The number of hydrogen-bond acceptors (Lipinski definition) is 4. The number of amides is 1. The fourth-order valence-corrected chi connectivity index (χ4v) is 3.20. The lowest BCUT2D eigenvalue weighted by Gasteiger charge is -2.25. The van der Waals surface area contributed by atoms with Crippen molar-refractivity contribution in [2.45, 2.75) is 26.8 Å². The normalized spacial score (nSPS) is 14.1. The number of hydrogen-bond donors (Lipinski definition) is 1. The van der Waals surface area contributed by atoms with Crippen LogP contribution in [0, 0.1) is 19.7 Å². The van der Waals surface area contributed by atoms with Gasteiger partial charge in [-0.15, -0.1) is 0 Å². The summed E-state index contributed by atoms with van der Waals surface area (Å²) in [5.74, 6) is -1.75. The van der Waals surface area contributed by atoms with Crippen molar-refractivity contribution in [1.82, 2.24) is 0 Å². The molecule has 0 spiro atoms. The Balaban J connectivity index is 2.12. The Hall–Kier alpha value is -3.15. The standard InChI is InChI=1S/C21H20FNO4/c1-12-7-8-14(9-17(12)22)11-23-18(24)10-16(21(26)27-3)20(25)15-6-4-5-13(2)19(15)23/h4-9,25H,10-11H2,1-3H3. The van der Waals surface area contributed by atoms with E-state index in [4.69, 9.17) is 4.74 Å². The molecule has 1 heterocycles. The average molecular weight is 369 g/mol. The number of carbonyl (C=O) groups excluding carboxylic acids is 2. The van der Waals surface area contributed by atoms with E-state index in [2.05, 4.69) is 0 Å². The lowest BCUT2D eigenvalue weighted by molar-refractivity contribution is -0.137. The highest BCUT2D eigenvalue weighted by Crippen LogP contribution is 2.36. The molecular formula is C21H20FNO4. The Morgan fingerprint density at radius 2 is 1.96 bits per heavy atom. The fraction of sp³-hybridized carbons (Fsp3) is 0.238. The van der Waals surface area contributed by atoms with Crippen LogP contribution >= 0.6 is 0 Å². The number of aliphatic hydroxyl groups is 1. The van der Waals surface area contributed by atoms with Gasteiger partial charge < -0.3 is 14.7 Å². The molecule has 3 rings (SSSR count). The number of aliphatic hydroxyl groups excluding tert-OH is 1. The summed E-state index contributed by atoms with van der Waals surface area (Å²) in [6.45, 7) is 3.60. The zero-order chi connectivity index (χ0) is 19.7. The van der Waals surface area contributed by atoms with Gasteiger partial charge in [-0.1, -0.05) is 24.3 Å². The Labute approximate surface area is 156 Å². The van der Waals surface area contributed by atoms with Gasteiger partial charge in [0.05, 0.1) is 31.3 Å². The predicted molar refractivity (Wildman–Crippen MR) is 99.7 cm³/mol. The first-order valence-electron chi connectivity index (χ1n) is 8.49. The molecule has 0 fully saturated rings. The van der Waals surface area contributed by atoms with E-state index in [0.717, 1.165) is 5.56 Å². The van der Waals surface area contributed by atoms with E-state index in [1.165, 1.54) is 18.1 Å². The molecule has 0 unspecified atom stereocenters. The van der Waals surface area contributed by atoms with Crippen LogP contribution in [-0.4, -0.2) is 24.1 Å². The second-order valence-corrected chi connectivity index (χ2v) is 6.53. The highest BCUT2D eigenvalue weighted by atomic mass is 19.1. The van der Waals surface area contributed by atoms with Gasteiger partial charge in [-0.2, -0.15) is 0 Å². The van der Waals surface area contributed by atoms with E-state index in [1.54, 1.807) is 31.2 Å². The number of esters is 1. The predicted octanol–water partition coefficient (Wildman–Crippen LogP) is 3.82.